The van der Waals surface area contributed by atoms with E-state index < -0.39 is 5.92 Å². The van der Waals surface area contributed by atoms with Gasteiger partial charge in [-0.3, -0.25) is 9.59 Å². The zero-order chi connectivity index (χ0) is 10.9. The standard InChI is InChI=1S/C12H18O3/c1-15-11(14)9-5-8-12(10(9)13)6-3-2-4-7-12/h9H,2-8H2,1H3. The number of ether oxygens (including phenoxy) is 1. The second kappa shape index (κ2) is 3.95. The Morgan fingerprint density at radius 3 is 2.53 bits per heavy atom. The minimum absolute atomic E-state index is 0.156. The molecule has 0 heterocycles. The fourth-order valence-electron chi connectivity index (χ4n) is 3.14. The third-order valence-corrected chi connectivity index (χ3v) is 4.05. The number of carbonyl (C=O) groups excluding carboxylic acids is 2. The van der Waals surface area contributed by atoms with Crippen molar-refractivity contribution in [2.24, 2.45) is 11.3 Å². The van der Waals surface area contributed by atoms with Crippen LogP contribution in [0.4, 0.5) is 0 Å². The van der Waals surface area contributed by atoms with E-state index in [1.54, 1.807) is 0 Å². The molecule has 0 radical (unpaired) electrons. The van der Waals surface area contributed by atoms with E-state index in [2.05, 4.69) is 4.74 Å². The predicted molar refractivity (Wildman–Crippen MR) is 55.3 cm³/mol. The Kier molecular flexibility index (Phi) is 2.81. The van der Waals surface area contributed by atoms with Gasteiger partial charge in [-0.05, 0) is 25.7 Å². The maximum atomic E-state index is 12.2. The molecule has 0 saturated heterocycles. The number of hydrogen-bond donors (Lipinski definition) is 0. The summed E-state index contributed by atoms with van der Waals surface area (Å²) >= 11 is 0. The van der Waals surface area contributed by atoms with E-state index in [-0.39, 0.29) is 17.2 Å². The van der Waals surface area contributed by atoms with Gasteiger partial charge in [-0.1, -0.05) is 19.3 Å². The van der Waals surface area contributed by atoms with Gasteiger partial charge in [0.2, 0.25) is 0 Å². The predicted octanol–water partition coefficient (Wildman–Crippen LogP) is 2.09. The van der Waals surface area contributed by atoms with E-state index >= 15 is 0 Å². The summed E-state index contributed by atoms with van der Waals surface area (Å²) in [5.41, 5.74) is -0.156. The van der Waals surface area contributed by atoms with Crippen LogP contribution in [0.5, 0.6) is 0 Å². The quantitative estimate of drug-likeness (QED) is 0.491. The fraction of sp³-hybridized carbons (Fsp3) is 0.833. The molecule has 0 amide bonds. The van der Waals surface area contributed by atoms with E-state index in [9.17, 15) is 9.59 Å². The highest BCUT2D eigenvalue weighted by atomic mass is 16.5. The van der Waals surface area contributed by atoms with Gasteiger partial charge in [-0.2, -0.15) is 0 Å². The van der Waals surface area contributed by atoms with Gasteiger partial charge >= 0.3 is 5.97 Å². The average Bonchev–Trinajstić information content (AvgIpc) is 2.58. The van der Waals surface area contributed by atoms with Crippen molar-refractivity contribution in [3.63, 3.8) is 0 Å². The minimum Gasteiger partial charge on any atom is -0.468 e. The number of esters is 1. The number of hydrogen-bond acceptors (Lipinski definition) is 3. The topological polar surface area (TPSA) is 43.4 Å². The molecular weight excluding hydrogens is 192 g/mol. The van der Waals surface area contributed by atoms with Crippen LogP contribution in [-0.2, 0) is 14.3 Å². The normalized spacial score (nSPS) is 29.4. The lowest BCUT2D eigenvalue weighted by atomic mass is 9.71. The smallest absolute Gasteiger partial charge is 0.316 e. The lowest BCUT2D eigenvalue weighted by Crippen LogP contribution is -2.33. The summed E-state index contributed by atoms with van der Waals surface area (Å²) in [6, 6.07) is 0. The number of Topliss-reactive ketones (excluding diaryl/α,β-unsaturated/α-hetero) is 1. The average molecular weight is 210 g/mol. The first-order chi connectivity index (χ1) is 7.19. The lowest BCUT2D eigenvalue weighted by molar-refractivity contribution is -0.150. The molecule has 84 valence electrons. The van der Waals surface area contributed by atoms with Crippen molar-refractivity contribution in [3.8, 4) is 0 Å². The molecule has 3 heteroatoms. The van der Waals surface area contributed by atoms with Crippen LogP contribution in [0.3, 0.4) is 0 Å². The van der Waals surface area contributed by atoms with Gasteiger partial charge in [0.1, 0.15) is 5.92 Å². The first-order valence-electron chi connectivity index (χ1n) is 5.82. The Hall–Kier alpha value is -0.860. The summed E-state index contributed by atoms with van der Waals surface area (Å²) in [6.07, 6.45) is 7.08. The van der Waals surface area contributed by atoms with E-state index in [1.165, 1.54) is 13.5 Å². The molecule has 0 aromatic rings. The summed E-state index contributed by atoms with van der Waals surface area (Å²) in [7, 11) is 1.36. The molecule has 2 fully saturated rings. The van der Waals surface area contributed by atoms with Gasteiger partial charge in [-0.15, -0.1) is 0 Å². The monoisotopic (exact) mass is 210 g/mol. The van der Waals surface area contributed by atoms with Crippen molar-refractivity contribution in [1.29, 1.82) is 0 Å². The van der Waals surface area contributed by atoms with Gasteiger partial charge in [0.25, 0.3) is 0 Å². The van der Waals surface area contributed by atoms with Crippen LogP contribution in [0.2, 0.25) is 0 Å². The van der Waals surface area contributed by atoms with Crippen LogP contribution < -0.4 is 0 Å². The van der Waals surface area contributed by atoms with Crippen molar-refractivity contribution < 1.29 is 14.3 Å². The first kappa shape index (κ1) is 10.7. The highest BCUT2D eigenvalue weighted by Gasteiger charge is 2.50. The molecule has 0 aromatic heterocycles. The molecule has 1 spiro atoms. The van der Waals surface area contributed by atoms with Crippen molar-refractivity contribution in [1.82, 2.24) is 0 Å². The Morgan fingerprint density at radius 2 is 1.93 bits per heavy atom. The van der Waals surface area contributed by atoms with Crippen molar-refractivity contribution in [2.75, 3.05) is 7.11 Å². The molecule has 2 aliphatic carbocycles. The largest absolute Gasteiger partial charge is 0.468 e. The number of methoxy groups -OCH3 is 1. The highest BCUT2D eigenvalue weighted by molar-refractivity contribution is 6.03. The van der Waals surface area contributed by atoms with Crippen molar-refractivity contribution >= 4 is 11.8 Å². The fourth-order valence-corrected chi connectivity index (χ4v) is 3.14. The summed E-state index contributed by atoms with van der Waals surface area (Å²) < 4.78 is 4.68. The molecule has 2 rings (SSSR count). The number of ketones is 1. The minimum atomic E-state index is -0.465. The Balaban J connectivity index is 2.12. The van der Waals surface area contributed by atoms with Gasteiger partial charge in [0.05, 0.1) is 7.11 Å². The van der Waals surface area contributed by atoms with Crippen LogP contribution in [0.15, 0.2) is 0 Å². The lowest BCUT2D eigenvalue weighted by Gasteiger charge is -2.31. The van der Waals surface area contributed by atoms with Crippen LogP contribution in [0.1, 0.15) is 44.9 Å². The summed E-state index contributed by atoms with van der Waals surface area (Å²) in [5, 5.41) is 0. The molecule has 3 nitrogen and oxygen atoms in total. The van der Waals surface area contributed by atoms with Crippen molar-refractivity contribution in [2.45, 2.75) is 44.9 Å². The second-order valence-electron chi connectivity index (χ2n) is 4.82. The van der Waals surface area contributed by atoms with E-state index in [0.29, 0.717) is 6.42 Å². The molecule has 1 atom stereocenters. The molecule has 0 N–H and O–H groups in total. The molecule has 0 aromatic carbocycles. The second-order valence-corrected chi connectivity index (χ2v) is 4.82. The van der Waals surface area contributed by atoms with E-state index in [1.807, 2.05) is 0 Å². The maximum Gasteiger partial charge on any atom is 0.316 e. The molecule has 15 heavy (non-hydrogen) atoms. The summed E-state index contributed by atoms with van der Waals surface area (Å²) in [5.74, 6) is -0.635. The molecule has 2 saturated carbocycles. The Morgan fingerprint density at radius 1 is 1.27 bits per heavy atom. The van der Waals surface area contributed by atoms with Crippen LogP contribution in [-0.4, -0.2) is 18.9 Å². The van der Waals surface area contributed by atoms with Crippen LogP contribution in [0, 0.1) is 11.3 Å². The van der Waals surface area contributed by atoms with E-state index in [0.717, 1.165) is 32.1 Å². The SMILES string of the molecule is COC(=O)C1CCC2(CCCCC2)C1=O. The van der Waals surface area contributed by atoms with Gasteiger partial charge in [0.15, 0.2) is 5.78 Å². The Bertz CT molecular complexity index is 277. The van der Waals surface area contributed by atoms with E-state index in [4.69, 9.17) is 0 Å². The summed E-state index contributed by atoms with van der Waals surface area (Å²) in [4.78, 5) is 23.6. The molecule has 1 unspecified atom stereocenters. The Labute approximate surface area is 90.2 Å². The zero-order valence-corrected chi connectivity index (χ0v) is 9.25. The molecule has 2 aliphatic rings. The summed E-state index contributed by atoms with van der Waals surface area (Å²) in [6.45, 7) is 0. The number of carbonyl (C=O) groups is 2. The third kappa shape index (κ3) is 1.68. The first-order valence-corrected chi connectivity index (χ1v) is 5.82. The van der Waals surface area contributed by atoms with Gasteiger partial charge < -0.3 is 4.74 Å². The van der Waals surface area contributed by atoms with Crippen LogP contribution in [0.25, 0.3) is 0 Å². The number of rotatable bonds is 1. The highest BCUT2D eigenvalue weighted by Crippen LogP contribution is 2.48. The third-order valence-electron chi connectivity index (χ3n) is 4.05. The molecular formula is C12H18O3. The van der Waals surface area contributed by atoms with Gasteiger partial charge in [0, 0.05) is 5.41 Å². The molecule has 0 bridgehead atoms. The maximum absolute atomic E-state index is 12.2. The molecule has 0 aliphatic heterocycles. The van der Waals surface area contributed by atoms with Crippen molar-refractivity contribution in [3.05, 3.63) is 0 Å². The van der Waals surface area contributed by atoms with Gasteiger partial charge in [-0.25, -0.2) is 0 Å². The zero-order valence-electron chi connectivity index (χ0n) is 9.25. The van der Waals surface area contributed by atoms with Crippen LogP contribution >= 0.6 is 0 Å².